The van der Waals surface area contributed by atoms with E-state index in [9.17, 15) is 5.11 Å². The molecule has 0 aromatic carbocycles. The van der Waals surface area contributed by atoms with Gasteiger partial charge in [0.1, 0.15) is 0 Å². The van der Waals surface area contributed by atoms with E-state index in [-0.39, 0.29) is 6.10 Å². The third kappa shape index (κ3) is 12.0. The molecule has 1 nitrogen and oxygen atoms in total. The summed E-state index contributed by atoms with van der Waals surface area (Å²) < 4.78 is 0. The van der Waals surface area contributed by atoms with Crippen LogP contribution in [0.4, 0.5) is 0 Å². The molecule has 1 unspecified atom stereocenters. The summed E-state index contributed by atoms with van der Waals surface area (Å²) in [5.41, 5.74) is 0. The number of hydrogen-bond acceptors (Lipinski definition) is 1. The van der Waals surface area contributed by atoms with Gasteiger partial charge in [0, 0.05) is 0 Å². The SMILES string of the molecule is CCCCCCCCC(O)CCCC(C)C. The van der Waals surface area contributed by atoms with Gasteiger partial charge in [-0.2, -0.15) is 0 Å². The molecule has 0 heterocycles. The van der Waals surface area contributed by atoms with Crippen LogP contribution >= 0.6 is 0 Å². The van der Waals surface area contributed by atoms with Gasteiger partial charge in [0.2, 0.25) is 0 Å². The standard InChI is InChI=1S/C15H32O/c1-4-5-6-7-8-9-12-15(16)13-10-11-14(2)3/h14-16H,4-13H2,1-3H3. The first-order valence-electron chi connectivity index (χ1n) is 7.34. The average Bonchev–Trinajstić information content (AvgIpc) is 2.22. The van der Waals surface area contributed by atoms with E-state index in [4.69, 9.17) is 0 Å². The van der Waals surface area contributed by atoms with Crippen molar-refractivity contribution < 1.29 is 5.11 Å². The maximum atomic E-state index is 9.76. The van der Waals surface area contributed by atoms with E-state index < -0.39 is 0 Å². The predicted octanol–water partition coefficient (Wildman–Crippen LogP) is 4.92. The minimum absolute atomic E-state index is 0.0371. The van der Waals surface area contributed by atoms with Crippen molar-refractivity contribution in [3.63, 3.8) is 0 Å². The van der Waals surface area contributed by atoms with Gasteiger partial charge >= 0.3 is 0 Å². The molecule has 16 heavy (non-hydrogen) atoms. The Hall–Kier alpha value is -0.0400. The summed E-state index contributed by atoms with van der Waals surface area (Å²) in [5.74, 6) is 0.779. The van der Waals surface area contributed by atoms with Gasteiger partial charge in [-0.25, -0.2) is 0 Å². The minimum Gasteiger partial charge on any atom is -0.393 e. The van der Waals surface area contributed by atoms with Crippen molar-refractivity contribution in [3.8, 4) is 0 Å². The Morgan fingerprint density at radius 1 is 0.750 bits per heavy atom. The molecule has 0 spiro atoms. The summed E-state index contributed by atoms with van der Waals surface area (Å²) in [7, 11) is 0. The van der Waals surface area contributed by atoms with Crippen molar-refractivity contribution >= 4 is 0 Å². The molecule has 0 aromatic rings. The zero-order valence-electron chi connectivity index (χ0n) is 11.7. The molecular formula is C15H32O. The van der Waals surface area contributed by atoms with Gasteiger partial charge in [-0.15, -0.1) is 0 Å². The van der Waals surface area contributed by atoms with Crippen LogP contribution in [0, 0.1) is 5.92 Å². The molecule has 0 saturated carbocycles. The number of unbranched alkanes of at least 4 members (excludes halogenated alkanes) is 5. The average molecular weight is 228 g/mol. The summed E-state index contributed by atoms with van der Waals surface area (Å²) in [6, 6.07) is 0. The highest BCUT2D eigenvalue weighted by molar-refractivity contribution is 4.58. The molecule has 0 aliphatic carbocycles. The summed E-state index contributed by atoms with van der Waals surface area (Å²) in [4.78, 5) is 0. The Kier molecular flexibility index (Phi) is 11.4. The molecule has 1 N–H and O–H groups in total. The Bertz CT molecular complexity index is 131. The van der Waals surface area contributed by atoms with E-state index in [1.54, 1.807) is 0 Å². The third-order valence-corrected chi connectivity index (χ3v) is 3.21. The monoisotopic (exact) mass is 228 g/mol. The van der Waals surface area contributed by atoms with Gasteiger partial charge in [-0.05, 0) is 18.8 Å². The number of aliphatic hydroxyl groups excluding tert-OH is 1. The van der Waals surface area contributed by atoms with Gasteiger partial charge < -0.3 is 5.11 Å². The third-order valence-electron chi connectivity index (χ3n) is 3.21. The zero-order chi connectivity index (χ0) is 12.2. The zero-order valence-corrected chi connectivity index (χ0v) is 11.7. The van der Waals surface area contributed by atoms with Crippen LogP contribution in [0.2, 0.25) is 0 Å². The first kappa shape index (κ1) is 16.0. The van der Waals surface area contributed by atoms with Crippen LogP contribution in [0.5, 0.6) is 0 Å². The van der Waals surface area contributed by atoms with Crippen molar-refractivity contribution in [2.24, 2.45) is 5.92 Å². The van der Waals surface area contributed by atoms with Crippen LogP contribution in [0.15, 0.2) is 0 Å². The second-order valence-corrected chi connectivity index (χ2v) is 5.54. The lowest BCUT2D eigenvalue weighted by atomic mass is 10.0. The predicted molar refractivity (Wildman–Crippen MR) is 72.7 cm³/mol. The van der Waals surface area contributed by atoms with Crippen LogP contribution < -0.4 is 0 Å². The summed E-state index contributed by atoms with van der Waals surface area (Å²) in [6.45, 7) is 6.75. The van der Waals surface area contributed by atoms with Gasteiger partial charge in [0.15, 0.2) is 0 Å². The highest BCUT2D eigenvalue weighted by atomic mass is 16.3. The van der Waals surface area contributed by atoms with E-state index in [0.29, 0.717) is 0 Å². The van der Waals surface area contributed by atoms with Gasteiger partial charge in [-0.1, -0.05) is 72.1 Å². The molecule has 0 aromatic heterocycles. The summed E-state index contributed by atoms with van der Waals surface area (Å²) in [5, 5.41) is 9.76. The highest BCUT2D eigenvalue weighted by Gasteiger charge is 2.04. The molecule has 0 saturated heterocycles. The van der Waals surface area contributed by atoms with Crippen LogP contribution in [-0.2, 0) is 0 Å². The fourth-order valence-electron chi connectivity index (χ4n) is 2.07. The van der Waals surface area contributed by atoms with Gasteiger partial charge in [-0.3, -0.25) is 0 Å². The molecule has 0 rings (SSSR count). The van der Waals surface area contributed by atoms with Gasteiger partial charge in [0.25, 0.3) is 0 Å². The number of rotatable bonds is 11. The van der Waals surface area contributed by atoms with E-state index in [1.165, 1.54) is 51.4 Å². The molecule has 0 amide bonds. The van der Waals surface area contributed by atoms with Crippen LogP contribution in [0.1, 0.15) is 85.0 Å². The largest absolute Gasteiger partial charge is 0.393 e. The van der Waals surface area contributed by atoms with E-state index >= 15 is 0 Å². The molecule has 0 radical (unpaired) electrons. The fraction of sp³-hybridized carbons (Fsp3) is 1.00. The molecule has 0 aliphatic rings. The lowest BCUT2D eigenvalue weighted by Gasteiger charge is -2.11. The Balaban J connectivity index is 3.14. The van der Waals surface area contributed by atoms with Crippen LogP contribution in [-0.4, -0.2) is 11.2 Å². The molecular weight excluding hydrogens is 196 g/mol. The van der Waals surface area contributed by atoms with E-state index in [2.05, 4.69) is 20.8 Å². The number of aliphatic hydroxyl groups is 1. The first-order chi connectivity index (χ1) is 7.66. The van der Waals surface area contributed by atoms with Crippen molar-refractivity contribution in [1.29, 1.82) is 0 Å². The van der Waals surface area contributed by atoms with E-state index in [1.807, 2.05) is 0 Å². The van der Waals surface area contributed by atoms with Gasteiger partial charge in [0.05, 0.1) is 6.10 Å². The molecule has 1 heteroatoms. The summed E-state index contributed by atoms with van der Waals surface area (Å²) >= 11 is 0. The lowest BCUT2D eigenvalue weighted by Crippen LogP contribution is -2.06. The van der Waals surface area contributed by atoms with Crippen molar-refractivity contribution in [2.75, 3.05) is 0 Å². The quantitative estimate of drug-likeness (QED) is 0.497. The normalized spacial score (nSPS) is 13.3. The van der Waals surface area contributed by atoms with Crippen molar-refractivity contribution in [2.45, 2.75) is 91.1 Å². The van der Waals surface area contributed by atoms with E-state index in [0.717, 1.165) is 18.8 Å². The Morgan fingerprint density at radius 2 is 1.31 bits per heavy atom. The number of hydrogen-bond donors (Lipinski definition) is 1. The molecule has 1 atom stereocenters. The second-order valence-electron chi connectivity index (χ2n) is 5.54. The maximum absolute atomic E-state index is 9.76. The second kappa shape index (κ2) is 11.4. The fourth-order valence-corrected chi connectivity index (χ4v) is 2.07. The molecule has 0 bridgehead atoms. The molecule has 0 fully saturated rings. The topological polar surface area (TPSA) is 20.2 Å². The maximum Gasteiger partial charge on any atom is 0.0540 e. The molecule has 98 valence electrons. The van der Waals surface area contributed by atoms with Crippen LogP contribution in [0.25, 0.3) is 0 Å². The van der Waals surface area contributed by atoms with Crippen molar-refractivity contribution in [1.82, 2.24) is 0 Å². The minimum atomic E-state index is -0.0371. The highest BCUT2D eigenvalue weighted by Crippen LogP contribution is 2.13. The Labute approximate surface area is 103 Å². The first-order valence-corrected chi connectivity index (χ1v) is 7.34. The van der Waals surface area contributed by atoms with Crippen LogP contribution in [0.3, 0.4) is 0 Å². The lowest BCUT2D eigenvalue weighted by molar-refractivity contribution is 0.146. The smallest absolute Gasteiger partial charge is 0.0540 e. The summed E-state index contributed by atoms with van der Waals surface area (Å²) in [6.07, 6.45) is 12.4. The Morgan fingerprint density at radius 3 is 1.94 bits per heavy atom. The molecule has 0 aliphatic heterocycles. The van der Waals surface area contributed by atoms with Crippen molar-refractivity contribution in [3.05, 3.63) is 0 Å².